The smallest absolute Gasteiger partial charge is 0.303 e. The van der Waals surface area contributed by atoms with Gasteiger partial charge in [0.25, 0.3) is 5.91 Å². The maximum atomic E-state index is 11.4. The fourth-order valence-corrected chi connectivity index (χ4v) is 2.74. The summed E-state index contributed by atoms with van der Waals surface area (Å²) >= 11 is 5.84. The van der Waals surface area contributed by atoms with Gasteiger partial charge in [-0.2, -0.15) is 0 Å². The summed E-state index contributed by atoms with van der Waals surface area (Å²) in [5.74, 6) is -1.35. The van der Waals surface area contributed by atoms with E-state index in [9.17, 15) is 9.59 Å². The monoisotopic (exact) mass is 296 g/mol. The zero-order chi connectivity index (χ0) is 14.8. The van der Waals surface area contributed by atoms with Crippen LogP contribution < -0.4 is 11.1 Å². The van der Waals surface area contributed by atoms with E-state index in [-0.39, 0.29) is 11.8 Å². The van der Waals surface area contributed by atoms with Crippen molar-refractivity contribution in [3.63, 3.8) is 0 Å². The Balaban J connectivity index is 2.10. The van der Waals surface area contributed by atoms with Crippen LogP contribution in [0.4, 0.5) is 5.69 Å². The Morgan fingerprint density at radius 2 is 2.10 bits per heavy atom. The summed E-state index contributed by atoms with van der Waals surface area (Å²) < 4.78 is 0. The van der Waals surface area contributed by atoms with Gasteiger partial charge in [0.15, 0.2) is 0 Å². The molecule has 0 heterocycles. The SMILES string of the molecule is NC(=O)c1cc(Cl)ccc1NCC1(CC(=O)O)CCC1. The van der Waals surface area contributed by atoms with Gasteiger partial charge in [-0.3, -0.25) is 9.59 Å². The molecule has 4 N–H and O–H groups in total. The lowest BCUT2D eigenvalue weighted by molar-refractivity contribution is -0.141. The maximum absolute atomic E-state index is 11.4. The van der Waals surface area contributed by atoms with Crippen molar-refractivity contribution in [2.45, 2.75) is 25.7 Å². The fraction of sp³-hybridized carbons (Fsp3) is 0.429. The maximum Gasteiger partial charge on any atom is 0.303 e. The number of carbonyl (C=O) groups is 2. The topological polar surface area (TPSA) is 92.4 Å². The third-order valence-electron chi connectivity index (χ3n) is 3.84. The van der Waals surface area contributed by atoms with Crippen molar-refractivity contribution in [1.82, 2.24) is 0 Å². The molecule has 1 aliphatic carbocycles. The van der Waals surface area contributed by atoms with E-state index < -0.39 is 11.9 Å². The van der Waals surface area contributed by atoms with Crippen LogP contribution >= 0.6 is 11.6 Å². The highest BCUT2D eigenvalue weighted by Crippen LogP contribution is 2.44. The first-order valence-electron chi connectivity index (χ1n) is 6.47. The Morgan fingerprint density at radius 1 is 1.40 bits per heavy atom. The molecule has 0 spiro atoms. The van der Waals surface area contributed by atoms with Crippen LogP contribution in [0, 0.1) is 5.41 Å². The van der Waals surface area contributed by atoms with E-state index in [4.69, 9.17) is 22.4 Å². The van der Waals surface area contributed by atoms with Crippen molar-refractivity contribution in [2.24, 2.45) is 11.1 Å². The van der Waals surface area contributed by atoms with E-state index in [0.717, 1.165) is 19.3 Å². The number of nitrogens with two attached hydrogens (primary N) is 1. The summed E-state index contributed by atoms with van der Waals surface area (Å²) in [7, 11) is 0. The van der Waals surface area contributed by atoms with Crippen LogP contribution in [0.3, 0.4) is 0 Å². The van der Waals surface area contributed by atoms with E-state index in [1.54, 1.807) is 12.1 Å². The third-order valence-corrected chi connectivity index (χ3v) is 4.08. The summed E-state index contributed by atoms with van der Waals surface area (Å²) in [6, 6.07) is 4.87. The Labute approximate surface area is 122 Å². The van der Waals surface area contributed by atoms with E-state index in [2.05, 4.69) is 5.32 Å². The van der Waals surface area contributed by atoms with Gasteiger partial charge in [-0.15, -0.1) is 0 Å². The minimum Gasteiger partial charge on any atom is -0.481 e. The van der Waals surface area contributed by atoms with Crippen LogP contribution in [0.25, 0.3) is 0 Å². The predicted molar refractivity (Wildman–Crippen MR) is 77.0 cm³/mol. The average Bonchev–Trinajstić information content (AvgIpc) is 2.33. The molecule has 1 aliphatic rings. The summed E-state index contributed by atoms with van der Waals surface area (Å²) in [6.45, 7) is 0.515. The Morgan fingerprint density at radius 3 is 2.60 bits per heavy atom. The van der Waals surface area contributed by atoms with Crippen LogP contribution in [0.2, 0.25) is 5.02 Å². The zero-order valence-electron chi connectivity index (χ0n) is 11.0. The van der Waals surface area contributed by atoms with Gasteiger partial charge in [0.05, 0.1) is 12.0 Å². The van der Waals surface area contributed by atoms with Crippen molar-refractivity contribution in [3.05, 3.63) is 28.8 Å². The van der Waals surface area contributed by atoms with Crippen molar-refractivity contribution in [2.75, 3.05) is 11.9 Å². The van der Waals surface area contributed by atoms with Gasteiger partial charge >= 0.3 is 5.97 Å². The van der Waals surface area contributed by atoms with Gasteiger partial charge < -0.3 is 16.2 Å². The highest BCUT2D eigenvalue weighted by Gasteiger charge is 2.38. The highest BCUT2D eigenvalue weighted by atomic mass is 35.5. The Kier molecular flexibility index (Phi) is 4.18. The number of carboxylic acids is 1. The Bertz CT molecular complexity index is 541. The quantitative estimate of drug-likeness (QED) is 0.752. The fourth-order valence-electron chi connectivity index (χ4n) is 2.57. The molecule has 1 aromatic carbocycles. The molecule has 1 saturated carbocycles. The molecule has 0 atom stereocenters. The van der Waals surface area contributed by atoms with Crippen molar-refractivity contribution in [1.29, 1.82) is 0 Å². The molecule has 1 aromatic rings. The molecule has 5 nitrogen and oxygen atoms in total. The van der Waals surface area contributed by atoms with Gasteiger partial charge in [-0.25, -0.2) is 0 Å². The van der Waals surface area contributed by atoms with E-state index in [0.29, 0.717) is 22.8 Å². The number of nitrogens with one attached hydrogen (secondary N) is 1. The van der Waals surface area contributed by atoms with Crippen molar-refractivity contribution in [3.8, 4) is 0 Å². The molecule has 1 amide bonds. The molecule has 6 heteroatoms. The molecule has 0 aromatic heterocycles. The second kappa shape index (κ2) is 5.71. The minimum absolute atomic E-state index is 0.138. The first kappa shape index (κ1) is 14.7. The average molecular weight is 297 g/mol. The number of hydrogen-bond acceptors (Lipinski definition) is 3. The molecule has 2 rings (SSSR count). The van der Waals surface area contributed by atoms with Crippen LogP contribution in [-0.4, -0.2) is 23.5 Å². The summed E-state index contributed by atoms with van der Waals surface area (Å²) in [6.07, 6.45) is 2.94. The van der Waals surface area contributed by atoms with Gasteiger partial charge in [0, 0.05) is 17.3 Å². The minimum atomic E-state index is -0.794. The lowest BCUT2D eigenvalue weighted by atomic mass is 9.66. The van der Waals surface area contributed by atoms with Gasteiger partial charge in [0.2, 0.25) is 0 Å². The lowest BCUT2D eigenvalue weighted by Gasteiger charge is -2.41. The van der Waals surface area contributed by atoms with Crippen LogP contribution in [-0.2, 0) is 4.79 Å². The van der Waals surface area contributed by atoms with E-state index in [1.807, 2.05) is 0 Å². The van der Waals surface area contributed by atoms with E-state index >= 15 is 0 Å². The number of benzene rings is 1. The second-order valence-corrected chi connectivity index (χ2v) is 5.77. The van der Waals surface area contributed by atoms with Crippen LogP contribution in [0.15, 0.2) is 18.2 Å². The number of anilines is 1. The highest BCUT2D eigenvalue weighted by molar-refractivity contribution is 6.31. The molecule has 1 fully saturated rings. The molecule has 0 aliphatic heterocycles. The number of carbonyl (C=O) groups excluding carboxylic acids is 1. The standard InChI is InChI=1S/C14H17ClN2O3/c15-9-2-3-11(10(6-9)13(16)20)17-8-14(4-1-5-14)7-12(18)19/h2-3,6,17H,1,4-5,7-8H2,(H2,16,20)(H,18,19). The normalized spacial score (nSPS) is 16.2. The van der Waals surface area contributed by atoms with Crippen molar-refractivity contribution < 1.29 is 14.7 Å². The second-order valence-electron chi connectivity index (χ2n) is 5.33. The first-order valence-corrected chi connectivity index (χ1v) is 6.85. The molecular weight excluding hydrogens is 280 g/mol. The van der Waals surface area contributed by atoms with Crippen molar-refractivity contribution >= 4 is 29.2 Å². The van der Waals surface area contributed by atoms with Crippen LogP contribution in [0.1, 0.15) is 36.0 Å². The molecule has 108 valence electrons. The van der Waals surface area contributed by atoms with Gasteiger partial charge in [0.1, 0.15) is 0 Å². The molecule has 20 heavy (non-hydrogen) atoms. The third kappa shape index (κ3) is 3.22. The van der Waals surface area contributed by atoms with E-state index in [1.165, 1.54) is 6.07 Å². The molecule has 0 saturated heterocycles. The molecule has 0 unspecified atom stereocenters. The summed E-state index contributed by atoms with van der Waals surface area (Å²) in [4.78, 5) is 22.3. The van der Waals surface area contributed by atoms with Crippen LogP contribution in [0.5, 0.6) is 0 Å². The Hall–Kier alpha value is -1.75. The summed E-state index contributed by atoms with van der Waals surface area (Å²) in [5.41, 5.74) is 6.01. The molecular formula is C14H17ClN2O3. The van der Waals surface area contributed by atoms with Gasteiger partial charge in [-0.1, -0.05) is 18.0 Å². The number of rotatable bonds is 6. The molecule has 0 bridgehead atoms. The lowest BCUT2D eigenvalue weighted by Crippen LogP contribution is -2.38. The number of hydrogen-bond donors (Lipinski definition) is 3. The number of primary amides is 1. The number of halogens is 1. The first-order chi connectivity index (χ1) is 9.42. The molecule has 0 radical (unpaired) electrons. The summed E-state index contributed by atoms with van der Waals surface area (Å²) in [5, 5.41) is 12.6. The largest absolute Gasteiger partial charge is 0.481 e. The number of aliphatic carboxylic acids is 1. The number of amides is 1. The zero-order valence-corrected chi connectivity index (χ0v) is 11.7. The predicted octanol–water partition coefficient (Wildman–Crippen LogP) is 2.50. The number of carboxylic acid groups (broad SMARTS) is 1. The van der Waals surface area contributed by atoms with Gasteiger partial charge in [-0.05, 0) is 36.5 Å².